The molecule has 0 amide bonds. The molecule has 112 valence electrons. The molecule has 5 nitrogen and oxygen atoms in total. The van der Waals surface area contributed by atoms with Gasteiger partial charge in [-0.25, -0.2) is 4.98 Å². The molecule has 0 saturated carbocycles. The number of benzene rings is 2. The summed E-state index contributed by atoms with van der Waals surface area (Å²) >= 11 is 0. The predicted octanol–water partition coefficient (Wildman–Crippen LogP) is 3.50. The fraction of sp³-hybridized carbons (Fsp3) is 0. The van der Waals surface area contributed by atoms with Gasteiger partial charge in [-0.15, -0.1) is 12.4 Å². The van der Waals surface area contributed by atoms with Crippen LogP contribution >= 0.6 is 12.4 Å². The SMILES string of the molecule is Cl.NC(=NNc1ccc(-c2cnco2)cc1)c1ccccc1. The van der Waals surface area contributed by atoms with Crippen LogP contribution in [0.25, 0.3) is 11.3 Å². The lowest BCUT2D eigenvalue weighted by atomic mass is 10.2. The minimum atomic E-state index is 0. The van der Waals surface area contributed by atoms with Crippen molar-refractivity contribution in [2.75, 3.05) is 5.43 Å². The molecule has 0 aliphatic rings. The molecule has 3 rings (SSSR count). The molecule has 22 heavy (non-hydrogen) atoms. The maximum absolute atomic E-state index is 5.91. The second-order valence-electron chi connectivity index (χ2n) is 4.42. The Hall–Kier alpha value is -2.79. The summed E-state index contributed by atoms with van der Waals surface area (Å²) in [4.78, 5) is 3.89. The number of anilines is 1. The number of amidine groups is 1. The number of rotatable bonds is 4. The quantitative estimate of drug-likeness (QED) is 0.439. The van der Waals surface area contributed by atoms with Crippen LogP contribution < -0.4 is 11.2 Å². The molecule has 0 atom stereocenters. The van der Waals surface area contributed by atoms with E-state index in [4.69, 9.17) is 10.2 Å². The minimum Gasteiger partial charge on any atom is -0.444 e. The predicted molar refractivity (Wildman–Crippen MR) is 90.0 cm³/mol. The zero-order chi connectivity index (χ0) is 14.5. The third-order valence-corrected chi connectivity index (χ3v) is 2.98. The monoisotopic (exact) mass is 314 g/mol. The summed E-state index contributed by atoms with van der Waals surface area (Å²) in [6.07, 6.45) is 3.08. The Morgan fingerprint density at radius 2 is 1.77 bits per heavy atom. The van der Waals surface area contributed by atoms with Crippen LogP contribution in [-0.4, -0.2) is 10.8 Å². The summed E-state index contributed by atoms with van der Waals surface area (Å²) in [5.74, 6) is 1.17. The zero-order valence-corrected chi connectivity index (χ0v) is 12.5. The number of halogens is 1. The van der Waals surface area contributed by atoms with E-state index in [2.05, 4.69) is 15.5 Å². The first-order chi connectivity index (χ1) is 10.3. The lowest BCUT2D eigenvalue weighted by molar-refractivity contribution is 0.572. The molecule has 6 heteroatoms. The first-order valence-electron chi connectivity index (χ1n) is 6.46. The van der Waals surface area contributed by atoms with Gasteiger partial charge >= 0.3 is 0 Å². The highest BCUT2D eigenvalue weighted by atomic mass is 35.5. The number of nitrogens with two attached hydrogens (primary N) is 1. The Morgan fingerprint density at radius 3 is 2.41 bits per heavy atom. The summed E-state index contributed by atoms with van der Waals surface area (Å²) < 4.78 is 5.24. The van der Waals surface area contributed by atoms with Crippen molar-refractivity contribution >= 4 is 23.9 Å². The molecule has 0 aliphatic carbocycles. The fourth-order valence-electron chi connectivity index (χ4n) is 1.87. The summed E-state index contributed by atoms with van der Waals surface area (Å²) in [5, 5.41) is 4.17. The standard InChI is InChI=1S/C16H14N4O.ClH/c17-16(13-4-2-1-3-5-13)20-19-14-8-6-12(7-9-14)15-10-18-11-21-15;/h1-11,19H,(H2,17,20);1H. The summed E-state index contributed by atoms with van der Waals surface area (Å²) in [5.41, 5.74) is 11.5. The van der Waals surface area contributed by atoms with Crippen molar-refractivity contribution in [3.63, 3.8) is 0 Å². The molecule has 0 aliphatic heterocycles. The van der Waals surface area contributed by atoms with Crippen LogP contribution in [0.1, 0.15) is 5.56 Å². The van der Waals surface area contributed by atoms with Gasteiger partial charge in [-0.1, -0.05) is 30.3 Å². The summed E-state index contributed by atoms with van der Waals surface area (Å²) in [7, 11) is 0. The van der Waals surface area contributed by atoms with E-state index >= 15 is 0 Å². The van der Waals surface area contributed by atoms with Crippen molar-refractivity contribution in [1.82, 2.24) is 4.98 Å². The number of oxazole rings is 1. The lowest BCUT2D eigenvalue weighted by Crippen LogP contribution is -2.15. The summed E-state index contributed by atoms with van der Waals surface area (Å²) in [6.45, 7) is 0. The van der Waals surface area contributed by atoms with Crippen molar-refractivity contribution < 1.29 is 4.42 Å². The average molecular weight is 315 g/mol. The van der Waals surface area contributed by atoms with E-state index < -0.39 is 0 Å². The Bertz CT molecular complexity index is 725. The first-order valence-corrected chi connectivity index (χ1v) is 6.46. The summed E-state index contributed by atoms with van der Waals surface area (Å²) in [6, 6.07) is 17.3. The second kappa shape index (κ2) is 7.28. The maximum Gasteiger partial charge on any atom is 0.181 e. The van der Waals surface area contributed by atoms with Crippen LogP contribution in [0.2, 0.25) is 0 Å². The molecule has 0 fully saturated rings. The topological polar surface area (TPSA) is 76.4 Å². The highest BCUT2D eigenvalue weighted by Crippen LogP contribution is 2.20. The van der Waals surface area contributed by atoms with Crippen LogP contribution in [-0.2, 0) is 0 Å². The Kier molecular flexibility index (Phi) is 5.16. The van der Waals surface area contributed by atoms with Gasteiger partial charge in [0.1, 0.15) is 0 Å². The fourth-order valence-corrected chi connectivity index (χ4v) is 1.87. The zero-order valence-electron chi connectivity index (χ0n) is 11.6. The highest BCUT2D eigenvalue weighted by molar-refractivity contribution is 5.97. The van der Waals surface area contributed by atoms with Gasteiger partial charge in [-0.3, -0.25) is 5.43 Å². The normalized spacial score (nSPS) is 10.8. The van der Waals surface area contributed by atoms with Gasteiger partial charge < -0.3 is 10.2 Å². The smallest absolute Gasteiger partial charge is 0.181 e. The van der Waals surface area contributed by atoms with Crippen molar-refractivity contribution in [2.45, 2.75) is 0 Å². The van der Waals surface area contributed by atoms with E-state index in [0.29, 0.717) is 5.84 Å². The van der Waals surface area contributed by atoms with Crippen molar-refractivity contribution in [3.05, 3.63) is 72.8 Å². The van der Waals surface area contributed by atoms with E-state index in [1.54, 1.807) is 6.20 Å². The average Bonchev–Trinajstić information content (AvgIpc) is 3.08. The highest BCUT2D eigenvalue weighted by Gasteiger charge is 2.01. The molecule has 3 aromatic rings. The van der Waals surface area contributed by atoms with Gasteiger partial charge in [0, 0.05) is 11.1 Å². The van der Waals surface area contributed by atoms with Crippen LogP contribution in [0.4, 0.5) is 5.69 Å². The molecule has 1 heterocycles. The molecule has 0 saturated heterocycles. The number of nitrogens with zero attached hydrogens (tertiary/aromatic N) is 2. The van der Waals surface area contributed by atoms with Gasteiger partial charge in [0.2, 0.25) is 0 Å². The van der Waals surface area contributed by atoms with Crippen LogP contribution in [0.3, 0.4) is 0 Å². The number of aromatic nitrogens is 1. The molecule has 2 aromatic carbocycles. The van der Waals surface area contributed by atoms with Crippen LogP contribution in [0.5, 0.6) is 0 Å². The Morgan fingerprint density at radius 1 is 1.05 bits per heavy atom. The van der Waals surface area contributed by atoms with E-state index in [9.17, 15) is 0 Å². The van der Waals surface area contributed by atoms with Gasteiger partial charge in [-0.2, -0.15) is 5.10 Å². The third kappa shape index (κ3) is 3.65. The molecule has 0 unspecified atom stereocenters. The molecular weight excluding hydrogens is 300 g/mol. The molecular formula is C16H15ClN4O. The van der Waals surface area contributed by atoms with E-state index in [1.165, 1.54) is 6.39 Å². The first kappa shape index (κ1) is 15.6. The van der Waals surface area contributed by atoms with Gasteiger partial charge in [0.05, 0.1) is 11.9 Å². The van der Waals surface area contributed by atoms with Crippen molar-refractivity contribution in [2.24, 2.45) is 10.8 Å². The Labute approximate surface area is 134 Å². The van der Waals surface area contributed by atoms with E-state index in [1.807, 2.05) is 54.6 Å². The molecule has 1 aromatic heterocycles. The number of hydrogen-bond donors (Lipinski definition) is 2. The van der Waals surface area contributed by atoms with Gasteiger partial charge in [-0.05, 0) is 24.3 Å². The number of hydrogen-bond acceptors (Lipinski definition) is 4. The van der Waals surface area contributed by atoms with Crippen molar-refractivity contribution in [3.8, 4) is 11.3 Å². The van der Waals surface area contributed by atoms with Gasteiger partial charge in [0.25, 0.3) is 0 Å². The lowest BCUT2D eigenvalue weighted by Gasteiger charge is -2.04. The third-order valence-electron chi connectivity index (χ3n) is 2.98. The van der Waals surface area contributed by atoms with Gasteiger partial charge in [0.15, 0.2) is 18.0 Å². The van der Waals surface area contributed by atoms with Crippen LogP contribution in [0.15, 0.2) is 76.7 Å². The largest absolute Gasteiger partial charge is 0.444 e. The van der Waals surface area contributed by atoms with E-state index in [-0.39, 0.29) is 12.4 Å². The number of hydrazone groups is 1. The molecule has 0 bridgehead atoms. The minimum absolute atomic E-state index is 0. The van der Waals surface area contributed by atoms with E-state index in [0.717, 1.165) is 22.6 Å². The number of nitrogens with one attached hydrogen (secondary N) is 1. The molecule has 0 radical (unpaired) electrons. The molecule has 0 spiro atoms. The second-order valence-corrected chi connectivity index (χ2v) is 4.42. The Balaban J connectivity index is 0.00000176. The maximum atomic E-state index is 5.91. The van der Waals surface area contributed by atoms with Crippen molar-refractivity contribution in [1.29, 1.82) is 0 Å². The van der Waals surface area contributed by atoms with Crippen LogP contribution in [0, 0.1) is 0 Å². The molecule has 3 N–H and O–H groups in total.